The van der Waals surface area contributed by atoms with Crippen molar-refractivity contribution in [1.82, 2.24) is 4.98 Å². The van der Waals surface area contributed by atoms with E-state index < -0.39 is 5.97 Å². The number of ketones is 1. The first-order chi connectivity index (χ1) is 7.58. The van der Waals surface area contributed by atoms with Gasteiger partial charge in [0.05, 0.1) is 14.2 Å². The zero-order valence-corrected chi connectivity index (χ0v) is 9.44. The van der Waals surface area contributed by atoms with Crippen molar-refractivity contribution in [2.45, 2.75) is 13.3 Å². The Morgan fingerprint density at radius 2 is 2.06 bits per heavy atom. The minimum Gasteiger partial charge on any atom is -0.481 e. The molecular formula is C11H13NO4. The van der Waals surface area contributed by atoms with E-state index in [0.717, 1.165) is 5.56 Å². The second kappa shape index (κ2) is 5.25. The highest BCUT2D eigenvalue weighted by atomic mass is 16.5. The van der Waals surface area contributed by atoms with Crippen LogP contribution in [0.1, 0.15) is 22.3 Å². The number of hydrogen-bond acceptors (Lipinski definition) is 5. The number of nitrogens with zero attached hydrogens (tertiary/aromatic N) is 1. The number of ether oxygens (including phenoxy) is 2. The summed E-state index contributed by atoms with van der Waals surface area (Å²) in [5, 5.41) is 0. The molecule has 5 nitrogen and oxygen atoms in total. The van der Waals surface area contributed by atoms with Crippen LogP contribution in [0.5, 0.6) is 5.88 Å². The Hall–Kier alpha value is -1.91. The zero-order chi connectivity index (χ0) is 12.1. The van der Waals surface area contributed by atoms with E-state index in [2.05, 4.69) is 9.72 Å². The number of aryl methyl sites for hydroxylation is 1. The van der Waals surface area contributed by atoms with Gasteiger partial charge in [0.25, 0.3) is 0 Å². The molecule has 0 unspecified atom stereocenters. The molecule has 1 heterocycles. The third-order valence-corrected chi connectivity index (χ3v) is 2.08. The molecule has 1 aromatic rings. The van der Waals surface area contributed by atoms with Gasteiger partial charge in [0.1, 0.15) is 6.42 Å². The number of pyridine rings is 1. The van der Waals surface area contributed by atoms with Crippen LogP contribution in [0.2, 0.25) is 0 Å². The van der Waals surface area contributed by atoms with E-state index in [4.69, 9.17) is 4.74 Å². The van der Waals surface area contributed by atoms with E-state index in [0.29, 0.717) is 11.4 Å². The van der Waals surface area contributed by atoms with Crippen molar-refractivity contribution in [2.75, 3.05) is 14.2 Å². The summed E-state index contributed by atoms with van der Waals surface area (Å²) in [6.07, 6.45) is 1.11. The lowest BCUT2D eigenvalue weighted by Gasteiger charge is -2.05. The van der Waals surface area contributed by atoms with E-state index in [1.165, 1.54) is 20.4 Å². The van der Waals surface area contributed by atoms with Gasteiger partial charge in [-0.1, -0.05) is 0 Å². The third kappa shape index (κ3) is 2.79. The van der Waals surface area contributed by atoms with Crippen LogP contribution in [0.4, 0.5) is 0 Å². The highest BCUT2D eigenvalue weighted by Crippen LogP contribution is 2.15. The second-order valence-electron chi connectivity index (χ2n) is 3.23. The molecule has 0 radical (unpaired) electrons. The van der Waals surface area contributed by atoms with E-state index in [1.54, 1.807) is 13.0 Å². The minimum atomic E-state index is -0.557. The van der Waals surface area contributed by atoms with E-state index in [9.17, 15) is 9.59 Å². The molecule has 0 amide bonds. The maximum Gasteiger partial charge on any atom is 0.313 e. The molecule has 0 aliphatic rings. The quantitative estimate of drug-likeness (QED) is 0.435. The number of carbonyl (C=O) groups excluding carboxylic acids is 2. The molecule has 86 valence electrons. The van der Waals surface area contributed by atoms with E-state index in [-0.39, 0.29) is 12.2 Å². The van der Waals surface area contributed by atoms with Gasteiger partial charge < -0.3 is 9.47 Å². The molecule has 1 aromatic heterocycles. The Kier molecular flexibility index (Phi) is 3.99. The Labute approximate surface area is 93.4 Å². The predicted octanol–water partition coefficient (Wildman–Crippen LogP) is 1.14. The second-order valence-corrected chi connectivity index (χ2v) is 3.23. The Bertz CT molecular complexity index is 414. The van der Waals surface area contributed by atoms with Gasteiger partial charge in [-0.25, -0.2) is 4.98 Å². The molecule has 1 rings (SSSR count). The lowest BCUT2D eigenvalue weighted by molar-refractivity contribution is -0.139. The smallest absolute Gasteiger partial charge is 0.313 e. The summed E-state index contributed by atoms with van der Waals surface area (Å²) in [6, 6.07) is 1.64. The predicted molar refractivity (Wildman–Crippen MR) is 56.5 cm³/mol. The molecule has 5 heteroatoms. The molecule has 0 aliphatic carbocycles. The molecule has 0 saturated heterocycles. The van der Waals surface area contributed by atoms with Crippen LogP contribution in [-0.4, -0.2) is 31.0 Å². The molecule has 0 saturated carbocycles. The molecule has 0 spiro atoms. The van der Waals surface area contributed by atoms with E-state index in [1.807, 2.05) is 0 Å². The maximum absolute atomic E-state index is 11.6. The molecule has 0 bridgehead atoms. The van der Waals surface area contributed by atoms with E-state index >= 15 is 0 Å². The molecule has 0 aliphatic heterocycles. The molecule has 16 heavy (non-hydrogen) atoms. The normalized spacial score (nSPS) is 9.69. The summed E-state index contributed by atoms with van der Waals surface area (Å²) in [6.45, 7) is 1.78. The number of carbonyl (C=O) groups is 2. The van der Waals surface area contributed by atoms with Gasteiger partial charge >= 0.3 is 5.97 Å². The highest BCUT2D eigenvalue weighted by molar-refractivity contribution is 6.05. The van der Waals surface area contributed by atoms with Crippen LogP contribution in [-0.2, 0) is 9.53 Å². The number of aromatic nitrogens is 1. The van der Waals surface area contributed by atoms with Crippen molar-refractivity contribution in [3.8, 4) is 5.88 Å². The number of hydrogen-bond donors (Lipinski definition) is 0. The van der Waals surface area contributed by atoms with Crippen molar-refractivity contribution in [2.24, 2.45) is 0 Å². The fraction of sp³-hybridized carbons (Fsp3) is 0.364. The zero-order valence-electron chi connectivity index (χ0n) is 9.44. The Morgan fingerprint density at radius 1 is 1.38 bits per heavy atom. The van der Waals surface area contributed by atoms with Gasteiger partial charge in [-0.3, -0.25) is 9.59 Å². The molecule has 0 N–H and O–H groups in total. The lowest BCUT2D eigenvalue weighted by atomic mass is 10.1. The largest absolute Gasteiger partial charge is 0.481 e. The third-order valence-electron chi connectivity index (χ3n) is 2.08. The molecular weight excluding hydrogens is 210 g/mol. The van der Waals surface area contributed by atoms with Crippen LogP contribution < -0.4 is 4.74 Å². The summed E-state index contributed by atoms with van der Waals surface area (Å²) in [5.41, 5.74) is 1.13. The monoisotopic (exact) mass is 223 g/mol. The Morgan fingerprint density at radius 3 is 2.56 bits per heavy atom. The number of Topliss-reactive ketones (excluding diaryl/α,β-unsaturated/α-hetero) is 1. The van der Waals surface area contributed by atoms with Crippen molar-refractivity contribution in [1.29, 1.82) is 0 Å². The Balaban J connectivity index is 2.85. The summed E-state index contributed by atoms with van der Waals surface area (Å²) < 4.78 is 9.38. The number of esters is 1. The van der Waals surface area contributed by atoms with Crippen molar-refractivity contribution >= 4 is 11.8 Å². The average molecular weight is 223 g/mol. The first-order valence-corrected chi connectivity index (χ1v) is 4.69. The lowest BCUT2D eigenvalue weighted by Crippen LogP contribution is -2.10. The summed E-state index contributed by atoms with van der Waals surface area (Å²) in [7, 11) is 2.75. The topological polar surface area (TPSA) is 65.5 Å². The standard InChI is InChI=1S/C11H13NO4/c1-7-4-8(6-12-11(7)16-3)9(13)5-10(14)15-2/h4,6H,5H2,1-3H3. The van der Waals surface area contributed by atoms with Crippen LogP contribution in [0.3, 0.4) is 0 Å². The van der Waals surface area contributed by atoms with Gasteiger partial charge in [0.15, 0.2) is 5.78 Å². The first kappa shape index (κ1) is 12.2. The molecule has 0 fully saturated rings. The summed E-state index contributed by atoms with van der Waals surface area (Å²) >= 11 is 0. The van der Waals surface area contributed by atoms with Crippen LogP contribution in [0.25, 0.3) is 0 Å². The van der Waals surface area contributed by atoms with Crippen molar-refractivity contribution in [3.05, 3.63) is 23.4 Å². The van der Waals surface area contributed by atoms with Gasteiger partial charge in [0, 0.05) is 17.3 Å². The molecule has 0 atom stereocenters. The van der Waals surface area contributed by atoms with Gasteiger partial charge in [-0.2, -0.15) is 0 Å². The number of methoxy groups -OCH3 is 2. The number of rotatable bonds is 4. The van der Waals surface area contributed by atoms with Crippen LogP contribution in [0.15, 0.2) is 12.3 Å². The maximum atomic E-state index is 11.6. The fourth-order valence-corrected chi connectivity index (χ4v) is 1.23. The van der Waals surface area contributed by atoms with Gasteiger partial charge in [-0.15, -0.1) is 0 Å². The first-order valence-electron chi connectivity index (χ1n) is 4.69. The highest BCUT2D eigenvalue weighted by Gasteiger charge is 2.13. The van der Waals surface area contributed by atoms with Crippen molar-refractivity contribution < 1.29 is 19.1 Å². The fourth-order valence-electron chi connectivity index (χ4n) is 1.23. The SMILES string of the molecule is COC(=O)CC(=O)c1cnc(OC)c(C)c1. The van der Waals surface area contributed by atoms with Crippen LogP contribution in [0, 0.1) is 6.92 Å². The van der Waals surface area contributed by atoms with Crippen molar-refractivity contribution in [3.63, 3.8) is 0 Å². The summed E-state index contributed by atoms with van der Waals surface area (Å²) in [4.78, 5) is 26.5. The van der Waals surface area contributed by atoms with Gasteiger partial charge in [-0.05, 0) is 13.0 Å². The summed E-state index contributed by atoms with van der Waals surface area (Å²) in [5.74, 6) is -0.404. The average Bonchev–Trinajstić information content (AvgIpc) is 2.28. The van der Waals surface area contributed by atoms with Gasteiger partial charge in [0.2, 0.25) is 5.88 Å². The van der Waals surface area contributed by atoms with Crippen LogP contribution >= 0.6 is 0 Å². The molecule has 0 aromatic carbocycles. The minimum absolute atomic E-state index is 0.274.